The van der Waals surface area contributed by atoms with Crippen molar-refractivity contribution in [3.8, 4) is 0 Å². The van der Waals surface area contributed by atoms with Crippen molar-refractivity contribution in [2.75, 3.05) is 0 Å². The molecule has 1 aromatic rings. The van der Waals surface area contributed by atoms with Crippen molar-refractivity contribution < 1.29 is 0 Å². The van der Waals surface area contributed by atoms with Crippen molar-refractivity contribution in [2.45, 2.75) is 20.4 Å². The lowest BCUT2D eigenvalue weighted by atomic mass is 10.2. The van der Waals surface area contributed by atoms with Gasteiger partial charge in [0.25, 0.3) is 0 Å². The number of nitrogens with zero attached hydrogens (tertiary/aromatic N) is 3. The Balaban J connectivity index is 2.56. The molecule has 13 heavy (non-hydrogen) atoms. The van der Waals surface area contributed by atoms with E-state index in [-0.39, 0.29) is 0 Å². The van der Waals surface area contributed by atoms with E-state index in [1.165, 1.54) is 0 Å². The van der Waals surface area contributed by atoms with Gasteiger partial charge in [0.05, 0.1) is 18.6 Å². The lowest BCUT2D eigenvalue weighted by Gasteiger charge is -2.02. The molecule has 4 nitrogen and oxygen atoms in total. The fourth-order valence-corrected chi connectivity index (χ4v) is 0.919. The molecule has 1 rings (SSSR count). The van der Waals surface area contributed by atoms with Crippen LogP contribution in [0.25, 0.3) is 0 Å². The molecule has 0 radical (unpaired) electrons. The number of aryl methyl sites for hydroxylation is 1. The SMILES string of the molecule is CC(C)C(N)=NCc1cnn(C)c1. The zero-order chi connectivity index (χ0) is 9.84. The second-order valence-corrected chi connectivity index (χ2v) is 3.42. The van der Waals surface area contributed by atoms with Crippen LogP contribution in [0.2, 0.25) is 0 Å². The smallest absolute Gasteiger partial charge is 0.0967 e. The number of aromatic nitrogens is 2. The van der Waals surface area contributed by atoms with Crippen LogP contribution in [-0.4, -0.2) is 15.6 Å². The lowest BCUT2D eigenvalue weighted by Crippen LogP contribution is -2.18. The van der Waals surface area contributed by atoms with Crippen molar-refractivity contribution in [1.29, 1.82) is 0 Å². The van der Waals surface area contributed by atoms with Crippen LogP contribution in [0, 0.1) is 5.92 Å². The van der Waals surface area contributed by atoms with Crippen molar-refractivity contribution >= 4 is 5.84 Å². The molecule has 0 aromatic carbocycles. The maximum atomic E-state index is 5.69. The minimum absolute atomic E-state index is 0.316. The Kier molecular flexibility index (Phi) is 3.06. The van der Waals surface area contributed by atoms with Gasteiger partial charge < -0.3 is 5.73 Å². The summed E-state index contributed by atoms with van der Waals surface area (Å²) in [5, 5.41) is 4.05. The Morgan fingerprint density at radius 2 is 2.38 bits per heavy atom. The quantitative estimate of drug-likeness (QED) is 0.555. The van der Waals surface area contributed by atoms with Gasteiger partial charge in [-0.2, -0.15) is 5.10 Å². The van der Waals surface area contributed by atoms with Gasteiger partial charge in [-0.15, -0.1) is 0 Å². The first-order chi connectivity index (χ1) is 6.09. The molecule has 4 heteroatoms. The molecular weight excluding hydrogens is 164 g/mol. The normalized spacial score (nSPS) is 12.5. The van der Waals surface area contributed by atoms with E-state index < -0.39 is 0 Å². The molecule has 1 heterocycles. The standard InChI is InChI=1S/C9H16N4/c1-7(2)9(10)11-4-8-5-12-13(3)6-8/h5-7H,4H2,1-3H3,(H2,10,11). The van der Waals surface area contributed by atoms with Crippen molar-refractivity contribution in [1.82, 2.24) is 9.78 Å². The summed E-state index contributed by atoms with van der Waals surface area (Å²) < 4.78 is 1.76. The molecule has 0 aliphatic heterocycles. The maximum absolute atomic E-state index is 5.69. The predicted molar refractivity (Wildman–Crippen MR) is 53.4 cm³/mol. The summed E-state index contributed by atoms with van der Waals surface area (Å²) in [7, 11) is 1.89. The number of aliphatic imine (C=N–C) groups is 1. The molecule has 0 aliphatic rings. The van der Waals surface area contributed by atoms with Crippen LogP contribution >= 0.6 is 0 Å². The number of amidine groups is 1. The second kappa shape index (κ2) is 4.07. The Morgan fingerprint density at radius 3 is 2.85 bits per heavy atom. The van der Waals surface area contributed by atoms with Gasteiger partial charge in [-0.3, -0.25) is 9.67 Å². The van der Waals surface area contributed by atoms with Crippen LogP contribution in [0.15, 0.2) is 17.4 Å². The van der Waals surface area contributed by atoms with Crippen molar-refractivity contribution in [3.05, 3.63) is 18.0 Å². The van der Waals surface area contributed by atoms with Crippen LogP contribution in [0.3, 0.4) is 0 Å². The summed E-state index contributed by atoms with van der Waals surface area (Å²) >= 11 is 0. The molecular formula is C9H16N4. The zero-order valence-corrected chi connectivity index (χ0v) is 8.36. The van der Waals surface area contributed by atoms with E-state index in [1.807, 2.05) is 27.1 Å². The number of rotatable bonds is 3. The number of nitrogens with two attached hydrogens (primary N) is 1. The van der Waals surface area contributed by atoms with E-state index in [9.17, 15) is 0 Å². The lowest BCUT2D eigenvalue weighted by molar-refractivity contribution is 0.766. The summed E-state index contributed by atoms with van der Waals surface area (Å²) in [5.41, 5.74) is 6.78. The first-order valence-electron chi connectivity index (χ1n) is 4.37. The molecule has 2 N–H and O–H groups in total. The van der Waals surface area contributed by atoms with Gasteiger partial charge in [0.15, 0.2) is 0 Å². The van der Waals surface area contributed by atoms with Crippen molar-refractivity contribution in [2.24, 2.45) is 23.7 Å². The molecule has 0 amide bonds. The molecule has 0 saturated carbocycles. The van der Waals surface area contributed by atoms with Crippen LogP contribution in [-0.2, 0) is 13.6 Å². The van der Waals surface area contributed by atoms with E-state index in [0.717, 1.165) is 5.56 Å². The molecule has 72 valence electrons. The molecule has 0 aliphatic carbocycles. The van der Waals surface area contributed by atoms with E-state index in [4.69, 9.17) is 5.73 Å². The molecule has 0 spiro atoms. The summed E-state index contributed by atoms with van der Waals surface area (Å²) in [6.45, 7) is 4.68. The van der Waals surface area contributed by atoms with E-state index in [1.54, 1.807) is 10.9 Å². The van der Waals surface area contributed by atoms with Gasteiger partial charge in [-0.05, 0) is 0 Å². The largest absolute Gasteiger partial charge is 0.387 e. The highest BCUT2D eigenvalue weighted by molar-refractivity contribution is 5.82. The molecule has 0 bridgehead atoms. The zero-order valence-electron chi connectivity index (χ0n) is 8.36. The molecule has 0 fully saturated rings. The predicted octanol–water partition coefficient (Wildman–Crippen LogP) is 0.933. The Labute approximate surface area is 78.5 Å². The first-order valence-corrected chi connectivity index (χ1v) is 4.37. The first kappa shape index (κ1) is 9.77. The summed E-state index contributed by atoms with van der Waals surface area (Å²) in [4.78, 5) is 4.25. The van der Waals surface area contributed by atoms with Gasteiger partial charge >= 0.3 is 0 Å². The van der Waals surface area contributed by atoms with Crippen LogP contribution in [0.5, 0.6) is 0 Å². The van der Waals surface area contributed by atoms with Gasteiger partial charge in [-0.1, -0.05) is 13.8 Å². The molecule has 0 atom stereocenters. The van der Waals surface area contributed by atoms with Crippen LogP contribution in [0.4, 0.5) is 0 Å². The Hall–Kier alpha value is -1.32. The number of hydrogen-bond acceptors (Lipinski definition) is 2. The van der Waals surface area contributed by atoms with Gasteiger partial charge in [0.1, 0.15) is 0 Å². The Bertz CT molecular complexity index is 298. The number of hydrogen-bond donors (Lipinski definition) is 1. The minimum atomic E-state index is 0.316. The highest BCUT2D eigenvalue weighted by atomic mass is 15.2. The third-order valence-corrected chi connectivity index (χ3v) is 1.79. The highest BCUT2D eigenvalue weighted by Crippen LogP contribution is 2.00. The summed E-state index contributed by atoms with van der Waals surface area (Å²) in [5.74, 6) is 1.01. The van der Waals surface area contributed by atoms with Crippen LogP contribution in [0.1, 0.15) is 19.4 Å². The van der Waals surface area contributed by atoms with Crippen LogP contribution < -0.4 is 5.73 Å². The topological polar surface area (TPSA) is 56.2 Å². The summed E-state index contributed by atoms with van der Waals surface area (Å²) in [6, 6.07) is 0. The maximum Gasteiger partial charge on any atom is 0.0967 e. The fourth-order valence-electron chi connectivity index (χ4n) is 0.919. The average Bonchev–Trinajstić information content (AvgIpc) is 2.47. The van der Waals surface area contributed by atoms with E-state index >= 15 is 0 Å². The van der Waals surface area contributed by atoms with Gasteiger partial charge in [-0.25, -0.2) is 0 Å². The van der Waals surface area contributed by atoms with Gasteiger partial charge in [0.2, 0.25) is 0 Å². The van der Waals surface area contributed by atoms with Gasteiger partial charge in [0, 0.05) is 24.7 Å². The molecule has 0 unspecified atom stereocenters. The minimum Gasteiger partial charge on any atom is -0.387 e. The molecule has 1 aromatic heterocycles. The second-order valence-electron chi connectivity index (χ2n) is 3.42. The third-order valence-electron chi connectivity index (χ3n) is 1.79. The Morgan fingerprint density at radius 1 is 1.69 bits per heavy atom. The third kappa shape index (κ3) is 2.89. The molecule has 0 saturated heterocycles. The highest BCUT2D eigenvalue weighted by Gasteiger charge is 1.99. The average molecular weight is 180 g/mol. The van der Waals surface area contributed by atoms with Crippen molar-refractivity contribution in [3.63, 3.8) is 0 Å². The monoisotopic (exact) mass is 180 g/mol. The summed E-state index contributed by atoms with van der Waals surface area (Å²) in [6.07, 6.45) is 3.74. The van der Waals surface area contributed by atoms with E-state index in [2.05, 4.69) is 10.1 Å². The van der Waals surface area contributed by atoms with E-state index in [0.29, 0.717) is 18.3 Å². The fraction of sp³-hybridized carbons (Fsp3) is 0.556.